The van der Waals surface area contributed by atoms with Crippen LogP contribution in [0.5, 0.6) is 0 Å². The average molecular weight is 315 g/mol. The smallest absolute Gasteiger partial charge is 0.247 e. The summed E-state index contributed by atoms with van der Waals surface area (Å²) in [5, 5.41) is 11.0. The van der Waals surface area contributed by atoms with Crippen molar-refractivity contribution in [3.05, 3.63) is 35.7 Å². The fraction of sp³-hybridized carbons (Fsp3) is 0.471. The van der Waals surface area contributed by atoms with Gasteiger partial charge in [-0.15, -0.1) is 10.2 Å². The maximum absolute atomic E-state index is 11.8. The SMILES string of the molecule is Cc1ccc(-c2nnc(CCC(=O)NCC3CCOC3)o2)cc1. The lowest BCUT2D eigenvalue weighted by molar-refractivity contribution is -0.121. The summed E-state index contributed by atoms with van der Waals surface area (Å²) in [5.74, 6) is 1.42. The van der Waals surface area contributed by atoms with Gasteiger partial charge in [-0.25, -0.2) is 0 Å². The molecule has 6 nitrogen and oxygen atoms in total. The molecule has 2 heterocycles. The van der Waals surface area contributed by atoms with E-state index in [1.165, 1.54) is 5.56 Å². The quantitative estimate of drug-likeness (QED) is 0.883. The van der Waals surface area contributed by atoms with E-state index >= 15 is 0 Å². The predicted molar refractivity (Wildman–Crippen MR) is 84.7 cm³/mol. The molecule has 1 fully saturated rings. The summed E-state index contributed by atoms with van der Waals surface area (Å²) in [6.45, 7) is 4.24. The molecular formula is C17H21N3O3. The minimum Gasteiger partial charge on any atom is -0.421 e. The van der Waals surface area contributed by atoms with Crippen molar-refractivity contribution in [2.75, 3.05) is 19.8 Å². The van der Waals surface area contributed by atoms with Crippen LogP contribution in [0.25, 0.3) is 11.5 Å². The molecule has 23 heavy (non-hydrogen) atoms. The van der Waals surface area contributed by atoms with Gasteiger partial charge >= 0.3 is 0 Å². The third kappa shape index (κ3) is 4.39. The summed E-state index contributed by atoms with van der Waals surface area (Å²) in [6.07, 6.45) is 1.82. The first-order valence-corrected chi connectivity index (χ1v) is 7.94. The third-order valence-corrected chi connectivity index (χ3v) is 3.94. The molecule has 1 atom stereocenters. The van der Waals surface area contributed by atoms with Gasteiger partial charge in [0.15, 0.2) is 0 Å². The van der Waals surface area contributed by atoms with Crippen molar-refractivity contribution >= 4 is 5.91 Å². The molecule has 1 saturated heterocycles. The Morgan fingerprint density at radius 3 is 2.87 bits per heavy atom. The number of rotatable bonds is 6. The van der Waals surface area contributed by atoms with E-state index in [1.54, 1.807) is 0 Å². The van der Waals surface area contributed by atoms with Crippen LogP contribution < -0.4 is 5.32 Å². The Hall–Kier alpha value is -2.21. The Balaban J connectivity index is 1.47. The molecule has 122 valence electrons. The van der Waals surface area contributed by atoms with E-state index in [1.807, 2.05) is 31.2 Å². The van der Waals surface area contributed by atoms with E-state index in [-0.39, 0.29) is 5.91 Å². The zero-order valence-electron chi connectivity index (χ0n) is 13.2. The first kappa shape index (κ1) is 15.7. The van der Waals surface area contributed by atoms with Crippen LogP contribution >= 0.6 is 0 Å². The van der Waals surface area contributed by atoms with Crippen molar-refractivity contribution in [3.8, 4) is 11.5 Å². The van der Waals surface area contributed by atoms with Crippen molar-refractivity contribution in [3.63, 3.8) is 0 Å². The van der Waals surface area contributed by atoms with Gasteiger partial charge in [-0.3, -0.25) is 4.79 Å². The van der Waals surface area contributed by atoms with Crippen LogP contribution in [0.1, 0.15) is 24.3 Å². The maximum atomic E-state index is 11.8. The van der Waals surface area contributed by atoms with Crippen LogP contribution in [0.2, 0.25) is 0 Å². The summed E-state index contributed by atoms with van der Waals surface area (Å²) in [7, 11) is 0. The Bertz CT molecular complexity index is 645. The van der Waals surface area contributed by atoms with Crippen LogP contribution in [0.4, 0.5) is 0 Å². The lowest BCUT2D eigenvalue weighted by atomic mass is 10.1. The first-order valence-electron chi connectivity index (χ1n) is 7.94. The number of nitrogens with zero attached hydrogens (tertiary/aromatic N) is 2. The molecule has 1 N–H and O–H groups in total. The van der Waals surface area contributed by atoms with Crippen molar-refractivity contribution in [2.24, 2.45) is 5.92 Å². The molecule has 0 aliphatic carbocycles. The summed E-state index contributed by atoms with van der Waals surface area (Å²) < 4.78 is 10.9. The van der Waals surface area contributed by atoms with Crippen LogP contribution in [0, 0.1) is 12.8 Å². The molecule has 6 heteroatoms. The molecule has 3 rings (SSSR count). The van der Waals surface area contributed by atoms with Crippen molar-refractivity contribution in [2.45, 2.75) is 26.2 Å². The fourth-order valence-corrected chi connectivity index (χ4v) is 2.48. The minimum absolute atomic E-state index is 0.00647. The summed E-state index contributed by atoms with van der Waals surface area (Å²) in [5.41, 5.74) is 2.07. The standard InChI is InChI=1S/C17H21N3O3/c1-12-2-4-14(5-3-12)17-20-19-16(23-17)7-6-15(21)18-10-13-8-9-22-11-13/h2-5,13H,6-11H2,1H3,(H,18,21). The molecule has 0 radical (unpaired) electrons. The average Bonchev–Trinajstić information content (AvgIpc) is 3.23. The van der Waals surface area contributed by atoms with E-state index in [4.69, 9.17) is 9.15 Å². The van der Waals surface area contributed by atoms with Gasteiger partial charge in [-0.2, -0.15) is 0 Å². The maximum Gasteiger partial charge on any atom is 0.247 e. The molecule has 1 aromatic carbocycles. The number of nitrogens with one attached hydrogen (secondary N) is 1. The zero-order chi connectivity index (χ0) is 16.1. The molecule has 1 aliphatic heterocycles. The number of ether oxygens (including phenoxy) is 1. The summed E-state index contributed by atoms with van der Waals surface area (Å²) >= 11 is 0. The second kappa shape index (κ2) is 7.37. The zero-order valence-corrected chi connectivity index (χ0v) is 13.2. The van der Waals surface area contributed by atoms with E-state index in [9.17, 15) is 4.79 Å². The third-order valence-electron chi connectivity index (χ3n) is 3.94. The summed E-state index contributed by atoms with van der Waals surface area (Å²) in [6, 6.07) is 7.89. The Morgan fingerprint density at radius 1 is 1.30 bits per heavy atom. The molecule has 1 aromatic heterocycles. The van der Waals surface area contributed by atoms with Gasteiger partial charge in [-0.05, 0) is 25.5 Å². The van der Waals surface area contributed by atoms with Gasteiger partial charge in [-0.1, -0.05) is 17.7 Å². The van der Waals surface area contributed by atoms with Crippen molar-refractivity contribution < 1.29 is 13.9 Å². The van der Waals surface area contributed by atoms with Gasteiger partial charge in [0.05, 0.1) is 6.61 Å². The normalized spacial score (nSPS) is 17.3. The highest BCUT2D eigenvalue weighted by Crippen LogP contribution is 2.18. The van der Waals surface area contributed by atoms with Crippen LogP contribution in [-0.2, 0) is 16.0 Å². The molecule has 0 bridgehead atoms. The van der Waals surface area contributed by atoms with E-state index < -0.39 is 0 Å². The Labute approximate surface area is 135 Å². The number of aryl methyl sites for hydroxylation is 2. The number of carbonyl (C=O) groups is 1. The second-order valence-electron chi connectivity index (χ2n) is 5.90. The highest BCUT2D eigenvalue weighted by molar-refractivity contribution is 5.76. The van der Waals surface area contributed by atoms with Crippen LogP contribution in [0.3, 0.4) is 0 Å². The number of benzene rings is 1. The monoisotopic (exact) mass is 315 g/mol. The first-order chi connectivity index (χ1) is 11.2. The summed E-state index contributed by atoms with van der Waals surface area (Å²) in [4.78, 5) is 11.8. The number of hydrogen-bond donors (Lipinski definition) is 1. The lowest BCUT2D eigenvalue weighted by Crippen LogP contribution is -2.29. The van der Waals surface area contributed by atoms with E-state index in [0.29, 0.717) is 37.1 Å². The number of carbonyl (C=O) groups excluding carboxylic acids is 1. The second-order valence-corrected chi connectivity index (χ2v) is 5.90. The lowest BCUT2D eigenvalue weighted by Gasteiger charge is -2.08. The highest BCUT2D eigenvalue weighted by atomic mass is 16.5. The van der Waals surface area contributed by atoms with Gasteiger partial charge in [0.1, 0.15) is 0 Å². The van der Waals surface area contributed by atoms with Crippen LogP contribution in [0.15, 0.2) is 28.7 Å². The largest absolute Gasteiger partial charge is 0.421 e. The molecule has 0 spiro atoms. The van der Waals surface area contributed by atoms with E-state index in [2.05, 4.69) is 15.5 Å². The minimum atomic E-state index is 0.00647. The van der Waals surface area contributed by atoms with Gasteiger partial charge < -0.3 is 14.5 Å². The van der Waals surface area contributed by atoms with Gasteiger partial charge in [0.25, 0.3) is 0 Å². The fourth-order valence-electron chi connectivity index (χ4n) is 2.48. The van der Waals surface area contributed by atoms with Gasteiger partial charge in [0, 0.05) is 37.5 Å². The topological polar surface area (TPSA) is 77.2 Å². The Morgan fingerprint density at radius 2 is 2.13 bits per heavy atom. The Kier molecular flexibility index (Phi) is 5.02. The van der Waals surface area contributed by atoms with E-state index in [0.717, 1.165) is 25.2 Å². The number of amides is 1. The van der Waals surface area contributed by atoms with Crippen molar-refractivity contribution in [1.29, 1.82) is 0 Å². The van der Waals surface area contributed by atoms with Gasteiger partial charge in [0.2, 0.25) is 17.7 Å². The number of hydrogen-bond acceptors (Lipinski definition) is 5. The van der Waals surface area contributed by atoms with Crippen LogP contribution in [-0.4, -0.2) is 35.9 Å². The predicted octanol–water partition coefficient (Wildman–Crippen LogP) is 2.13. The molecular weight excluding hydrogens is 294 g/mol. The molecule has 1 unspecified atom stereocenters. The molecule has 2 aromatic rings. The highest BCUT2D eigenvalue weighted by Gasteiger charge is 2.16. The number of aromatic nitrogens is 2. The molecule has 1 amide bonds. The van der Waals surface area contributed by atoms with Crippen molar-refractivity contribution in [1.82, 2.24) is 15.5 Å². The molecule has 0 saturated carbocycles. The molecule has 1 aliphatic rings.